The minimum Gasteiger partial charge on any atom is -0.477 e. The van der Waals surface area contributed by atoms with E-state index in [9.17, 15) is 4.79 Å². The van der Waals surface area contributed by atoms with Gasteiger partial charge in [0.1, 0.15) is 5.69 Å². The lowest BCUT2D eigenvalue weighted by Crippen LogP contribution is -2.28. The average Bonchev–Trinajstić information content (AvgIpc) is 2.66. The fourth-order valence-electron chi connectivity index (χ4n) is 1.83. The molecule has 1 N–H and O–H groups in total. The van der Waals surface area contributed by atoms with E-state index in [2.05, 4.69) is 18.7 Å². The maximum atomic E-state index is 11.0. The van der Waals surface area contributed by atoms with Crippen molar-refractivity contribution in [2.24, 2.45) is 0 Å². The van der Waals surface area contributed by atoms with Gasteiger partial charge in [-0.25, -0.2) is 4.79 Å². The molecule has 17 heavy (non-hydrogen) atoms. The molecule has 96 valence electrons. The van der Waals surface area contributed by atoms with Gasteiger partial charge < -0.3 is 14.6 Å². The fraction of sp³-hybridized carbons (Fsp3) is 0.583. The molecule has 4 nitrogen and oxygen atoms in total. The summed E-state index contributed by atoms with van der Waals surface area (Å²) in [5.41, 5.74) is 0.252. The van der Waals surface area contributed by atoms with Gasteiger partial charge in [0.25, 0.3) is 0 Å². The molecule has 0 aromatic carbocycles. The van der Waals surface area contributed by atoms with E-state index in [0.717, 1.165) is 26.1 Å². The van der Waals surface area contributed by atoms with Crippen LogP contribution in [0.4, 0.5) is 0 Å². The van der Waals surface area contributed by atoms with Crippen LogP contribution in [0.5, 0.6) is 0 Å². The van der Waals surface area contributed by atoms with E-state index in [4.69, 9.17) is 16.7 Å². The van der Waals surface area contributed by atoms with Crippen LogP contribution in [0.25, 0.3) is 0 Å². The van der Waals surface area contributed by atoms with Crippen molar-refractivity contribution in [1.29, 1.82) is 0 Å². The summed E-state index contributed by atoms with van der Waals surface area (Å²) in [6.07, 6.45) is 2.77. The summed E-state index contributed by atoms with van der Waals surface area (Å²) in [5, 5.41) is 9.48. The molecule has 1 aromatic heterocycles. The molecule has 0 unspecified atom stereocenters. The molecule has 0 spiro atoms. The maximum Gasteiger partial charge on any atom is 0.352 e. The number of carboxylic acids is 1. The summed E-state index contributed by atoms with van der Waals surface area (Å²) in [4.78, 5) is 13.3. The van der Waals surface area contributed by atoms with Gasteiger partial charge in [-0.15, -0.1) is 0 Å². The standard InChI is InChI=1S/C12H19ClN2O2/c1-3-5-14(4-2)6-7-15-9-10(13)8-11(15)12(16)17/h8-9H,3-7H2,1-2H3,(H,16,17). The molecule has 0 aliphatic rings. The molecule has 5 heteroatoms. The van der Waals surface area contributed by atoms with Gasteiger partial charge in [-0.05, 0) is 25.6 Å². The molecule has 0 atom stereocenters. The predicted octanol–water partition coefficient (Wildman–Crippen LogP) is 2.57. The van der Waals surface area contributed by atoms with Crippen LogP contribution in [0, 0.1) is 0 Å². The number of likely N-dealkylation sites (N-methyl/N-ethyl adjacent to an activating group) is 1. The van der Waals surface area contributed by atoms with Crippen LogP contribution in [0.15, 0.2) is 12.3 Å². The van der Waals surface area contributed by atoms with Crippen LogP contribution in [-0.2, 0) is 6.54 Å². The van der Waals surface area contributed by atoms with Crippen molar-refractivity contribution in [3.8, 4) is 0 Å². The van der Waals surface area contributed by atoms with Gasteiger partial charge in [0, 0.05) is 19.3 Å². The molecule has 0 fully saturated rings. The van der Waals surface area contributed by atoms with Gasteiger partial charge in [-0.1, -0.05) is 25.4 Å². The first-order valence-corrected chi connectivity index (χ1v) is 6.27. The van der Waals surface area contributed by atoms with Crippen molar-refractivity contribution in [2.75, 3.05) is 19.6 Å². The van der Waals surface area contributed by atoms with Gasteiger partial charge in [-0.3, -0.25) is 0 Å². The number of aromatic nitrogens is 1. The van der Waals surface area contributed by atoms with Crippen molar-refractivity contribution >= 4 is 17.6 Å². The highest BCUT2D eigenvalue weighted by atomic mass is 35.5. The summed E-state index contributed by atoms with van der Waals surface area (Å²) in [6.45, 7) is 7.76. The van der Waals surface area contributed by atoms with Crippen molar-refractivity contribution in [3.05, 3.63) is 23.0 Å². The molecule has 0 saturated heterocycles. The predicted molar refractivity (Wildman–Crippen MR) is 68.8 cm³/mol. The molecule has 1 heterocycles. The fourth-order valence-corrected chi connectivity index (χ4v) is 2.05. The van der Waals surface area contributed by atoms with E-state index in [-0.39, 0.29) is 5.69 Å². The topological polar surface area (TPSA) is 45.5 Å². The molecular formula is C12H19ClN2O2. The molecule has 1 aromatic rings. The van der Waals surface area contributed by atoms with Crippen molar-refractivity contribution in [1.82, 2.24) is 9.47 Å². The highest BCUT2D eigenvalue weighted by Crippen LogP contribution is 2.14. The summed E-state index contributed by atoms with van der Waals surface area (Å²) in [5.74, 6) is -0.935. The van der Waals surface area contributed by atoms with Crippen LogP contribution >= 0.6 is 11.6 Å². The smallest absolute Gasteiger partial charge is 0.352 e. The van der Waals surface area contributed by atoms with E-state index >= 15 is 0 Å². The minimum atomic E-state index is -0.935. The third-order valence-corrected chi connectivity index (χ3v) is 2.93. The Kier molecular flexibility index (Phi) is 5.51. The molecule has 0 radical (unpaired) electrons. The normalized spacial score (nSPS) is 11.1. The maximum absolute atomic E-state index is 11.0. The Morgan fingerprint density at radius 3 is 2.71 bits per heavy atom. The Bertz CT molecular complexity index is 377. The highest BCUT2D eigenvalue weighted by Gasteiger charge is 2.12. The van der Waals surface area contributed by atoms with Crippen molar-refractivity contribution in [3.63, 3.8) is 0 Å². The van der Waals surface area contributed by atoms with Gasteiger partial charge in [0.15, 0.2) is 0 Å². The minimum absolute atomic E-state index is 0.252. The zero-order valence-corrected chi connectivity index (χ0v) is 11.1. The lowest BCUT2D eigenvalue weighted by Gasteiger charge is -2.20. The molecular weight excluding hydrogens is 240 g/mol. The van der Waals surface area contributed by atoms with E-state index in [1.54, 1.807) is 10.8 Å². The van der Waals surface area contributed by atoms with Crippen LogP contribution in [0.2, 0.25) is 5.02 Å². The highest BCUT2D eigenvalue weighted by molar-refractivity contribution is 6.30. The zero-order chi connectivity index (χ0) is 12.8. The number of hydrogen-bond donors (Lipinski definition) is 1. The zero-order valence-electron chi connectivity index (χ0n) is 10.3. The van der Waals surface area contributed by atoms with Crippen LogP contribution in [0.1, 0.15) is 30.8 Å². The van der Waals surface area contributed by atoms with E-state index in [1.807, 2.05) is 0 Å². The Morgan fingerprint density at radius 2 is 2.18 bits per heavy atom. The number of aromatic carboxylic acids is 1. The molecule has 0 aliphatic carbocycles. The van der Waals surface area contributed by atoms with Crippen molar-refractivity contribution < 1.29 is 9.90 Å². The van der Waals surface area contributed by atoms with E-state index < -0.39 is 5.97 Å². The molecule has 0 bridgehead atoms. The second-order valence-corrected chi connectivity index (χ2v) is 4.41. The summed E-state index contributed by atoms with van der Waals surface area (Å²) in [6, 6.07) is 1.49. The number of halogens is 1. The SMILES string of the molecule is CCCN(CC)CCn1cc(Cl)cc1C(=O)O. The lowest BCUT2D eigenvalue weighted by atomic mass is 10.4. The van der Waals surface area contributed by atoms with Gasteiger partial charge >= 0.3 is 5.97 Å². The first-order valence-electron chi connectivity index (χ1n) is 5.89. The average molecular weight is 259 g/mol. The monoisotopic (exact) mass is 258 g/mol. The molecule has 0 aliphatic heterocycles. The summed E-state index contributed by atoms with van der Waals surface area (Å²) >= 11 is 5.82. The number of nitrogens with zero attached hydrogens (tertiary/aromatic N) is 2. The Labute approximate surface area is 107 Å². The Morgan fingerprint density at radius 1 is 1.47 bits per heavy atom. The Hall–Kier alpha value is -1.00. The van der Waals surface area contributed by atoms with Crippen LogP contribution < -0.4 is 0 Å². The first-order chi connectivity index (χ1) is 8.08. The lowest BCUT2D eigenvalue weighted by molar-refractivity contribution is 0.0684. The first kappa shape index (κ1) is 14.1. The number of rotatable bonds is 7. The van der Waals surface area contributed by atoms with Gasteiger partial charge in [0.05, 0.1) is 5.02 Å². The molecule has 0 saturated carbocycles. The summed E-state index contributed by atoms with van der Waals surface area (Å²) < 4.78 is 1.70. The molecule has 0 amide bonds. The van der Waals surface area contributed by atoms with Crippen LogP contribution in [-0.4, -0.2) is 40.2 Å². The molecule has 1 rings (SSSR count). The van der Waals surface area contributed by atoms with Crippen molar-refractivity contribution in [2.45, 2.75) is 26.8 Å². The largest absolute Gasteiger partial charge is 0.477 e. The number of carbonyl (C=O) groups is 1. The van der Waals surface area contributed by atoms with E-state index in [1.165, 1.54) is 6.07 Å². The summed E-state index contributed by atoms with van der Waals surface area (Å²) in [7, 11) is 0. The van der Waals surface area contributed by atoms with Gasteiger partial charge in [-0.2, -0.15) is 0 Å². The van der Waals surface area contributed by atoms with Gasteiger partial charge in [0.2, 0.25) is 0 Å². The third-order valence-electron chi connectivity index (χ3n) is 2.73. The van der Waals surface area contributed by atoms with Crippen LogP contribution in [0.3, 0.4) is 0 Å². The Balaban J connectivity index is 2.64. The second kappa shape index (κ2) is 6.67. The third kappa shape index (κ3) is 4.06. The number of hydrogen-bond acceptors (Lipinski definition) is 2. The quantitative estimate of drug-likeness (QED) is 0.818. The number of carboxylic acid groups (broad SMARTS) is 1. The van der Waals surface area contributed by atoms with E-state index in [0.29, 0.717) is 11.6 Å². The second-order valence-electron chi connectivity index (χ2n) is 3.98.